The molecule has 0 unspecified atom stereocenters. The Kier molecular flexibility index (Phi) is 3.82. The van der Waals surface area contributed by atoms with Crippen molar-refractivity contribution < 1.29 is 9.32 Å². The number of rotatable bonds is 2. The third-order valence-corrected chi connectivity index (χ3v) is 5.83. The summed E-state index contributed by atoms with van der Waals surface area (Å²) in [7, 11) is 0. The average molecular weight is 383 g/mol. The first-order valence-electron chi connectivity index (χ1n) is 9.21. The van der Waals surface area contributed by atoms with Gasteiger partial charge in [-0.1, -0.05) is 35.0 Å². The molecular formula is C20H19ClN4O2. The summed E-state index contributed by atoms with van der Waals surface area (Å²) in [6.07, 6.45) is 3.26. The van der Waals surface area contributed by atoms with Crippen molar-refractivity contribution in [2.45, 2.75) is 39.3 Å². The monoisotopic (exact) mass is 382 g/mol. The third-order valence-electron chi connectivity index (χ3n) is 5.51. The van der Waals surface area contributed by atoms with Crippen LogP contribution in [0.15, 0.2) is 28.8 Å². The first kappa shape index (κ1) is 16.6. The molecule has 5 rings (SSSR count). The summed E-state index contributed by atoms with van der Waals surface area (Å²) in [6.45, 7) is 3.69. The summed E-state index contributed by atoms with van der Waals surface area (Å²) in [5.74, 6) is 0.446. The van der Waals surface area contributed by atoms with Crippen molar-refractivity contribution >= 4 is 17.5 Å². The zero-order valence-corrected chi connectivity index (χ0v) is 15.8. The number of hydrogen-bond acceptors (Lipinski definition) is 4. The van der Waals surface area contributed by atoms with Crippen molar-refractivity contribution in [2.24, 2.45) is 0 Å². The van der Waals surface area contributed by atoms with E-state index in [4.69, 9.17) is 21.2 Å². The molecule has 7 heteroatoms. The van der Waals surface area contributed by atoms with Gasteiger partial charge in [0.2, 0.25) is 0 Å². The number of hydrogen-bond donors (Lipinski definition) is 0. The van der Waals surface area contributed by atoms with Gasteiger partial charge in [0.05, 0.1) is 29.5 Å². The Bertz CT molecular complexity index is 1050. The fourth-order valence-corrected chi connectivity index (χ4v) is 4.37. The lowest BCUT2D eigenvalue weighted by Gasteiger charge is -2.28. The van der Waals surface area contributed by atoms with Crippen LogP contribution in [-0.2, 0) is 25.9 Å². The van der Waals surface area contributed by atoms with Gasteiger partial charge in [-0.25, -0.2) is 0 Å². The van der Waals surface area contributed by atoms with E-state index in [0.29, 0.717) is 40.7 Å². The summed E-state index contributed by atoms with van der Waals surface area (Å²) in [5.41, 5.74) is 5.43. The normalized spacial score (nSPS) is 15.7. The number of halogens is 1. The van der Waals surface area contributed by atoms with E-state index in [1.54, 1.807) is 13.0 Å². The molecule has 3 aromatic rings. The molecule has 27 heavy (non-hydrogen) atoms. The van der Waals surface area contributed by atoms with E-state index in [-0.39, 0.29) is 5.91 Å². The van der Waals surface area contributed by atoms with Gasteiger partial charge in [-0.15, -0.1) is 0 Å². The molecule has 0 radical (unpaired) electrons. The highest BCUT2D eigenvalue weighted by Gasteiger charge is 2.32. The van der Waals surface area contributed by atoms with Crippen LogP contribution >= 0.6 is 11.6 Å². The SMILES string of the molecule is Cc1onc(-c2ccccc2Cl)c1C(=O)N1CCn2nc3c(c2C1)CCC3. The van der Waals surface area contributed by atoms with Crippen LogP contribution in [0.25, 0.3) is 11.3 Å². The lowest BCUT2D eigenvalue weighted by atomic mass is 10.0. The van der Waals surface area contributed by atoms with Gasteiger partial charge < -0.3 is 9.42 Å². The topological polar surface area (TPSA) is 64.2 Å². The lowest BCUT2D eigenvalue weighted by molar-refractivity contribution is 0.0704. The van der Waals surface area contributed by atoms with Crippen molar-refractivity contribution in [2.75, 3.05) is 6.54 Å². The predicted octanol–water partition coefficient (Wildman–Crippen LogP) is 3.64. The molecule has 0 atom stereocenters. The van der Waals surface area contributed by atoms with Crippen molar-refractivity contribution in [1.29, 1.82) is 0 Å². The van der Waals surface area contributed by atoms with Crippen molar-refractivity contribution in [1.82, 2.24) is 19.8 Å². The molecule has 0 spiro atoms. The van der Waals surface area contributed by atoms with Crippen LogP contribution < -0.4 is 0 Å². The third kappa shape index (κ3) is 2.58. The van der Waals surface area contributed by atoms with Crippen LogP contribution in [0.1, 0.15) is 39.5 Å². The van der Waals surface area contributed by atoms with Gasteiger partial charge in [0, 0.05) is 12.1 Å². The van der Waals surface area contributed by atoms with Gasteiger partial charge in [-0.2, -0.15) is 5.10 Å². The van der Waals surface area contributed by atoms with E-state index in [1.165, 1.54) is 17.0 Å². The van der Waals surface area contributed by atoms with Gasteiger partial charge in [-0.3, -0.25) is 9.48 Å². The summed E-state index contributed by atoms with van der Waals surface area (Å²) in [4.78, 5) is 15.2. The Morgan fingerprint density at radius 3 is 2.93 bits per heavy atom. The van der Waals surface area contributed by atoms with Crippen molar-refractivity contribution in [3.05, 3.63) is 57.6 Å². The standard InChI is InChI=1S/C20H19ClN4O2/c1-12-18(19(23-27-12)13-5-2-3-7-15(13)21)20(26)24-9-10-25-17(11-24)14-6-4-8-16(14)22-25/h2-3,5,7H,4,6,8-11H2,1H3. The molecule has 0 N–H and O–H groups in total. The molecule has 1 aliphatic heterocycles. The quantitative estimate of drug-likeness (QED) is 0.678. The number of nitrogens with zero attached hydrogens (tertiary/aromatic N) is 4. The second kappa shape index (κ2) is 6.23. The Morgan fingerprint density at radius 2 is 2.07 bits per heavy atom. The first-order valence-corrected chi connectivity index (χ1v) is 9.59. The molecular weight excluding hydrogens is 364 g/mol. The van der Waals surface area contributed by atoms with Gasteiger partial charge in [0.15, 0.2) is 0 Å². The second-order valence-electron chi connectivity index (χ2n) is 7.12. The zero-order valence-electron chi connectivity index (χ0n) is 15.0. The van der Waals surface area contributed by atoms with Gasteiger partial charge in [-0.05, 0) is 37.8 Å². The molecule has 1 aromatic carbocycles. The number of carbonyl (C=O) groups excluding carboxylic acids is 1. The van der Waals surface area contributed by atoms with Crippen LogP contribution in [0.5, 0.6) is 0 Å². The molecule has 3 heterocycles. The van der Waals surface area contributed by atoms with Crippen LogP contribution in [0.3, 0.4) is 0 Å². The van der Waals surface area contributed by atoms with Gasteiger partial charge in [0.1, 0.15) is 17.0 Å². The summed E-state index contributed by atoms with van der Waals surface area (Å²) >= 11 is 6.33. The molecule has 6 nitrogen and oxygen atoms in total. The molecule has 0 fully saturated rings. The minimum absolute atomic E-state index is 0.0668. The van der Waals surface area contributed by atoms with E-state index in [1.807, 2.05) is 23.1 Å². The van der Waals surface area contributed by atoms with Crippen LogP contribution in [0, 0.1) is 6.92 Å². The number of amides is 1. The highest BCUT2D eigenvalue weighted by atomic mass is 35.5. The maximum atomic E-state index is 13.4. The number of carbonyl (C=O) groups is 1. The predicted molar refractivity (Wildman–Crippen MR) is 101 cm³/mol. The van der Waals surface area contributed by atoms with E-state index in [0.717, 1.165) is 25.8 Å². The first-order chi connectivity index (χ1) is 13.1. The summed E-state index contributed by atoms with van der Waals surface area (Å²) < 4.78 is 7.44. The highest BCUT2D eigenvalue weighted by molar-refractivity contribution is 6.33. The Hall–Kier alpha value is -2.60. The molecule has 0 saturated carbocycles. The average Bonchev–Trinajstić information content (AvgIpc) is 3.35. The number of aromatic nitrogens is 3. The largest absolute Gasteiger partial charge is 0.360 e. The molecule has 2 aliphatic rings. The summed E-state index contributed by atoms with van der Waals surface area (Å²) in [6, 6.07) is 7.38. The Labute approximate surface area is 161 Å². The molecule has 138 valence electrons. The van der Waals surface area contributed by atoms with Crippen LogP contribution in [-0.4, -0.2) is 32.3 Å². The fourth-order valence-electron chi connectivity index (χ4n) is 4.14. The van der Waals surface area contributed by atoms with Crippen molar-refractivity contribution in [3.8, 4) is 11.3 Å². The number of fused-ring (bicyclic) bond motifs is 3. The fraction of sp³-hybridized carbons (Fsp3) is 0.350. The second-order valence-corrected chi connectivity index (χ2v) is 7.52. The number of aryl methyl sites for hydroxylation is 2. The maximum Gasteiger partial charge on any atom is 0.260 e. The Balaban J connectivity index is 1.50. The maximum absolute atomic E-state index is 13.4. The molecule has 0 saturated heterocycles. The van der Waals surface area contributed by atoms with E-state index < -0.39 is 0 Å². The van der Waals surface area contributed by atoms with E-state index in [9.17, 15) is 4.79 Å². The molecule has 1 amide bonds. The highest BCUT2D eigenvalue weighted by Crippen LogP contribution is 2.33. The minimum atomic E-state index is -0.0668. The molecule has 2 aromatic heterocycles. The van der Waals surface area contributed by atoms with E-state index in [2.05, 4.69) is 9.84 Å². The smallest absolute Gasteiger partial charge is 0.260 e. The number of benzene rings is 1. The van der Waals surface area contributed by atoms with E-state index >= 15 is 0 Å². The van der Waals surface area contributed by atoms with Gasteiger partial charge >= 0.3 is 0 Å². The minimum Gasteiger partial charge on any atom is -0.360 e. The van der Waals surface area contributed by atoms with Crippen molar-refractivity contribution in [3.63, 3.8) is 0 Å². The lowest BCUT2D eigenvalue weighted by Crippen LogP contribution is -2.39. The zero-order chi connectivity index (χ0) is 18.5. The Morgan fingerprint density at radius 1 is 1.22 bits per heavy atom. The summed E-state index contributed by atoms with van der Waals surface area (Å²) in [5, 5.41) is 9.39. The molecule has 0 bridgehead atoms. The van der Waals surface area contributed by atoms with Gasteiger partial charge in [0.25, 0.3) is 5.91 Å². The van der Waals surface area contributed by atoms with Crippen LogP contribution in [0.4, 0.5) is 0 Å². The van der Waals surface area contributed by atoms with Crippen LogP contribution in [0.2, 0.25) is 5.02 Å². The molecule has 1 aliphatic carbocycles.